The van der Waals surface area contributed by atoms with Crippen LogP contribution in [0.25, 0.3) is 0 Å². The van der Waals surface area contributed by atoms with Gasteiger partial charge in [0.25, 0.3) is 0 Å². The molecule has 2 aliphatic heterocycles. The average Bonchev–Trinajstić information content (AvgIpc) is 2.83. The molecule has 5 nitrogen and oxygen atoms in total. The van der Waals surface area contributed by atoms with Gasteiger partial charge in [0.1, 0.15) is 6.10 Å². The summed E-state index contributed by atoms with van der Waals surface area (Å²) in [5.41, 5.74) is 1.39. The molecular formula is C16H12O5. The van der Waals surface area contributed by atoms with Crippen LogP contribution in [0.1, 0.15) is 34.1 Å². The van der Waals surface area contributed by atoms with Gasteiger partial charge in [-0.2, -0.15) is 0 Å². The third kappa shape index (κ3) is 1.58. The molecule has 0 aromatic heterocycles. The summed E-state index contributed by atoms with van der Waals surface area (Å²) in [5.74, 6) is -0.848. The predicted molar refractivity (Wildman–Crippen MR) is 71.0 cm³/mol. The van der Waals surface area contributed by atoms with E-state index in [0.717, 1.165) is 0 Å². The predicted octanol–water partition coefficient (Wildman–Crippen LogP) is 1.47. The van der Waals surface area contributed by atoms with Gasteiger partial charge in [-0.1, -0.05) is 24.3 Å². The largest absolute Gasteiger partial charge is 0.454 e. The zero-order chi connectivity index (χ0) is 14.7. The molecule has 0 N–H and O–H groups in total. The summed E-state index contributed by atoms with van der Waals surface area (Å²) in [6, 6.07) is 6.71. The Labute approximate surface area is 120 Å². The lowest BCUT2D eigenvalue weighted by molar-refractivity contribution is -0.140. The highest BCUT2D eigenvalue weighted by Crippen LogP contribution is 2.40. The second-order valence-electron chi connectivity index (χ2n) is 5.46. The van der Waals surface area contributed by atoms with Gasteiger partial charge < -0.3 is 9.47 Å². The van der Waals surface area contributed by atoms with Gasteiger partial charge in [0.05, 0.1) is 18.1 Å². The monoisotopic (exact) mass is 284 g/mol. The fourth-order valence-corrected chi connectivity index (χ4v) is 3.33. The highest BCUT2D eigenvalue weighted by Gasteiger charge is 2.50. The van der Waals surface area contributed by atoms with Crippen molar-refractivity contribution in [3.05, 3.63) is 46.5 Å². The van der Waals surface area contributed by atoms with Gasteiger partial charge in [0, 0.05) is 16.7 Å². The molecule has 5 heteroatoms. The van der Waals surface area contributed by atoms with E-state index in [2.05, 4.69) is 0 Å². The van der Waals surface area contributed by atoms with Crippen LogP contribution < -0.4 is 0 Å². The van der Waals surface area contributed by atoms with E-state index in [1.807, 2.05) is 0 Å². The molecule has 0 bridgehead atoms. The van der Waals surface area contributed by atoms with Crippen LogP contribution in [0.5, 0.6) is 0 Å². The third-order valence-electron chi connectivity index (χ3n) is 4.23. The van der Waals surface area contributed by atoms with E-state index < -0.39 is 24.3 Å². The molecule has 3 aliphatic rings. The van der Waals surface area contributed by atoms with Gasteiger partial charge in [-0.25, -0.2) is 0 Å². The number of fused-ring (bicyclic) bond motifs is 3. The Bertz CT molecular complexity index is 730. The van der Waals surface area contributed by atoms with E-state index in [1.165, 1.54) is 0 Å². The first-order valence-corrected chi connectivity index (χ1v) is 6.85. The smallest absolute Gasteiger partial charge is 0.309 e. The zero-order valence-electron chi connectivity index (χ0n) is 11.3. The summed E-state index contributed by atoms with van der Waals surface area (Å²) < 4.78 is 10.9. The lowest BCUT2D eigenvalue weighted by Gasteiger charge is -2.35. The molecule has 106 valence electrons. The summed E-state index contributed by atoms with van der Waals surface area (Å²) in [4.78, 5) is 36.9. The molecule has 0 radical (unpaired) electrons. The van der Waals surface area contributed by atoms with E-state index in [-0.39, 0.29) is 18.0 Å². The van der Waals surface area contributed by atoms with Gasteiger partial charge in [0.15, 0.2) is 17.7 Å². The first-order valence-electron chi connectivity index (χ1n) is 6.85. The number of carbonyl (C=O) groups is 3. The fourth-order valence-electron chi connectivity index (χ4n) is 3.33. The van der Waals surface area contributed by atoms with Crippen LogP contribution >= 0.6 is 0 Å². The van der Waals surface area contributed by atoms with E-state index in [0.29, 0.717) is 22.3 Å². The number of benzene rings is 1. The minimum absolute atomic E-state index is 0.120. The number of hydrogen-bond acceptors (Lipinski definition) is 5. The lowest BCUT2D eigenvalue weighted by Crippen LogP contribution is -2.44. The van der Waals surface area contributed by atoms with Gasteiger partial charge in [-0.3, -0.25) is 14.4 Å². The number of ether oxygens (including phenoxy) is 2. The van der Waals surface area contributed by atoms with Crippen molar-refractivity contribution in [1.82, 2.24) is 0 Å². The molecule has 1 aromatic carbocycles. The molecule has 0 spiro atoms. The molecular weight excluding hydrogens is 272 g/mol. The third-order valence-corrected chi connectivity index (χ3v) is 4.23. The first-order chi connectivity index (χ1) is 10.1. The molecule has 3 unspecified atom stereocenters. The maximum atomic E-state index is 12.7. The van der Waals surface area contributed by atoms with Gasteiger partial charge in [0.2, 0.25) is 0 Å². The summed E-state index contributed by atoms with van der Waals surface area (Å²) in [6.07, 6.45) is -1.63. The van der Waals surface area contributed by atoms with Crippen molar-refractivity contribution in [2.45, 2.75) is 31.7 Å². The normalized spacial score (nSPS) is 30.7. The zero-order valence-corrected chi connectivity index (χ0v) is 11.3. The van der Waals surface area contributed by atoms with Gasteiger partial charge in [-0.15, -0.1) is 0 Å². The molecule has 0 amide bonds. The molecule has 4 rings (SSSR count). The van der Waals surface area contributed by atoms with Crippen LogP contribution in [0.4, 0.5) is 0 Å². The highest BCUT2D eigenvalue weighted by atomic mass is 16.6. The Morgan fingerprint density at radius 3 is 2.29 bits per heavy atom. The van der Waals surface area contributed by atoms with Crippen molar-refractivity contribution >= 4 is 17.5 Å². The summed E-state index contributed by atoms with van der Waals surface area (Å²) in [7, 11) is 0. The van der Waals surface area contributed by atoms with Crippen molar-refractivity contribution in [2.24, 2.45) is 0 Å². The molecule has 3 atom stereocenters. The van der Waals surface area contributed by atoms with Crippen LogP contribution in [0, 0.1) is 0 Å². The summed E-state index contributed by atoms with van der Waals surface area (Å²) >= 11 is 0. The van der Waals surface area contributed by atoms with Gasteiger partial charge in [-0.05, 0) is 6.92 Å². The topological polar surface area (TPSA) is 69.7 Å². The number of esters is 1. The number of Topliss-reactive ketones (excluding diaryl/α,β-unsaturated/α-hetero) is 2. The van der Waals surface area contributed by atoms with E-state index >= 15 is 0 Å². The second kappa shape index (κ2) is 4.11. The van der Waals surface area contributed by atoms with E-state index in [4.69, 9.17) is 9.47 Å². The molecule has 1 fully saturated rings. The van der Waals surface area contributed by atoms with E-state index in [9.17, 15) is 14.4 Å². The Morgan fingerprint density at radius 2 is 1.62 bits per heavy atom. The number of ketones is 2. The molecule has 2 heterocycles. The minimum Gasteiger partial charge on any atom is -0.454 e. The van der Waals surface area contributed by atoms with Crippen molar-refractivity contribution in [3.8, 4) is 0 Å². The minimum atomic E-state index is -0.756. The maximum absolute atomic E-state index is 12.7. The van der Waals surface area contributed by atoms with Crippen molar-refractivity contribution in [3.63, 3.8) is 0 Å². The maximum Gasteiger partial charge on any atom is 0.309 e. The number of hydrogen-bond donors (Lipinski definition) is 0. The van der Waals surface area contributed by atoms with Crippen LogP contribution in [0.3, 0.4) is 0 Å². The van der Waals surface area contributed by atoms with Crippen molar-refractivity contribution in [1.29, 1.82) is 0 Å². The van der Waals surface area contributed by atoms with Crippen LogP contribution in [0.15, 0.2) is 35.4 Å². The Balaban J connectivity index is 1.93. The van der Waals surface area contributed by atoms with Crippen LogP contribution in [-0.4, -0.2) is 35.8 Å². The SMILES string of the molecule is CC1OC2CC(=O)OC2C2=C1C(=O)c1ccccc1C2=O. The highest BCUT2D eigenvalue weighted by molar-refractivity contribution is 6.28. The first kappa shape index (κ1) is 12.5. The van der Waals surface area contributed by atoms with Crippen molar-refractivity contribution in [2.75, 3.05) is 0 Å². The quantitative estimate of drug-likeness (QED) is 0.675. The lowest BCUT2D eigenvalue weighted by atomic mass is 9.77. The molecule has 0 saturated carbocycles. The van der Waals surface area contributed by atoms with Crippen molar-refractivity contribution < 1.29 is 23.9 Å². The van der Waals surface area contributed by atoms with Crippen LogP contribution in [-0.2, 0) is 14.3 Å². The van der Waals surface area contributed by atoms with Crippen LogP contribution in [0.2, 0.25) is 0 Å². The standard InChI is InChI=1S/C16H12O5/c1-7-12-13(16-10(20-7)6-11(17)21-16)15(19)9-5-3-2-4-8(9)14(12)18/h2-5,7,10,16H,6H2,1H3. The Hall–Kier alpha value is -2.27. The fraction of sp³-hybridized carbons (Fsp3) is 0.312. The second-order valence-corrected chi connectivity index (χ2v) is 5.46. The summed E-state index contributed by atoms with van der Waals surface area (Å²) in [6.45, 7) is 1.73. The Kier molecular flexibility index (Phi) is 2.44. The summed E-state index contributed by atoms with van der Waals surface area (Å²) in [5, 5.41) is 0. The number of rotatable bonds is 0. The molecule has 1 aliphatic carbocycles. The molecule has 1 saturated heterocycles. The van der Waals surface area contributed by atoms with Gasteiger partial charge >= 0.3 is 5.97 Å². The average molecular weight is 284 g/mol. The number of carbonyl (C=O) groups excluding carboxylic acids is 3. The molecule has 21 heavy (non-hydrogen) atoms. The van der Waals surface area contributed by atoms with E-state index in [1.54, 1.807) is 31.2 Å². The Morgan fingerprint density at radius 1 is 1.00 bits per heavy atom. The molecule has 1 aromatic rings.